The maximum absolute atomic E-state index is 13.9. The molecule has 0 aromatic heterocycles. The minimum Gasteiger partial charge on any atom is -0.338 e. The molecule has 0 unspecified atom stereocenters. The van der Waals surface area contributed by atoms with Gasteiger partial charge in [0.05, 0.1) is 4.90 Å². The summed E-state index contributed by atoms with van der Waals surface area (Å²) in [5.41, 5.74) is 1.12. The zero-order chi connectivity index (χ0) is 33.7. The number of halogens is 3. The van der Waals surface area contributed by atoms with Crippen LogP contribution in [0.5, 0.6) is 0 Å². The summed E-state index contributed by atoms with van der Waals surface area (Å²) in [5.74, 6) is -2.77. The number of carbonyl (C=O) groups excluding carboxylic acids is 2. The van der Waals surface area contributed by atoms with Crippen LogP contribution >= 0.6 is 0 Å². The molecule has 9 nitrogen and oxygen atoms in total. The standard InChI is InChI=1S/C33H44F3N5O4S/c1-25(38-2)30(37)19-9-14-27(15-10-21-39-46(44,45)29-17-7-4-8-18-29)31(42)41-22-11-16-28(41)24-40(32(43)33(34,35)36)23-20-26-12-5-3-6-13-26/h3-9,12-13,17-19,25,27-28,37-39H,10-11,14-16,20-24H2,1-2H3/b19-9+,37-30?/t25-,27-,28-/m0/s1. The molecule has 1 saturated heterocycles. The van der Waals surface area contributed by atoms with E-state index < -0.39 is 34.1 Å². The highest BCUT2D eigenvalue weighted by Crippen LogP contribution is 2.27. The SMILES string of the molecule is CN[C@@H](C)C(=N)/C=C/C[C@@H](CCCNS(=O)(=O)c1ccccc1)C(=O)N1CCC[C@H]1CN(CCc1ccccc1)C(=O)C(F)(F)F. The fraction of sp³-hybridized carbons (Fsp3) is 0.485. The Morgan fingerprint density at radius 1 is 1.11 bits per heavy atom. The first-order chi connectivity index (χ1) is 21.8. The van der Waals surface area contributed by atoms with E-state index in [1.54, 1.807) is 72.6 Å². The summed E-state index contributed by atoms with van der Waals surface area (Å²) in [4.78, 5) is 28.9. The molecule has 3 atom stereocenters. The average molecular weight is 664 g/mol. The Morgan fingerprint density at radius 3 is 2.39 bits per heavy atom. The molecule has 1 aliphatic rings. The maximum atomic E-state index is 13.9. The first-order valence-corrected chi connectivity index (χ1v) is 17.0. The molecule has 2 aromatic carbocycles. The van der Waals surface area contributed by atoms with Crippen molar-refractivity contribution in [2.75, 3.05) is 33.2 Å². The van der Waals surface area contributed by atoms with Crippen molar-refractivity contribution in [1.82, 2.24) is 19.8 Å². The number of nitrogens with zero attached hydrogens (tertiary/aromatic N) is 2. The molecule has 0 radical (unpaired) electrons. The molecular weight excluding hydrogens is 619 g/mol. The number of rotatable bonds is 17. The number of hydrogen-bond donors (Lipinski definition) is 3. The third kappa shape index (κ3) is 11.1. The fourth-order valence-corrected chi connectivity index (χ4v) is 6.50. The largest absolute Gasteiger partial charge is 0.471 e. The van der Waals surface area contributed by atoms with Gasteiger partial charge < -0.3 is 20.5 Å². The van der Waals surface area contributed by atoms with Gasteiger partial charge in [-0.15, -0.1) is 0 Å². The third-order valence-corrected chi connectivity index (χ3v) is 9.65. The van der Waals surface area contributed by atoms with Gasteiger partial charge in [0.25, 0.3) is 0 Å². The number of carbonyl (C=O) groups is 2. The number of alkyl halides is 3. The lowest BCUT2D eigenvalue weighted by Gasteiger charge is -2.33. The highest BCUT2D eigenvalue weighted by atomic mass is 32.2. The summed E-state index contributed by atoms with van der Waals surface area (Å²) in [7, 11) is -1.99. The molecule has 3 N–H and O–H groups in total. The molecule has 3 rings (SSSR count). The average Bonchev–Trinajstić information content (AvgIpc) is 3.51. The van der Waals surface area contributed by atoms with Gasteiger partial charge in [-0.2, -0.15) is 13.2 Å². The normalized spacial score (nSPS) is 16.8. The van der Waals surface area contributed by atoms with Crippen LogP contribution in [0, 0.1) is 11.3 Å². The lowest BCUT2D eigenvalue weighted by atomic mass is 9.96. The van der Waals surface area contributed by atoms with Crippen molar-refractivity contribution in [3.05, 3.63) is 78.4 Å². The minimum absolute atomic E-state index is 0.0914. The second-order valence-corrected chi connectivity index (χ2v) is 13.2. The molecule has 0 spiro atoms. The number of allylic oxidation sites excluding steroid dienone is 1. The van der Waals surface area contributed by atoms with Crippen LogP contribution in [-0.2, 0) is 26.0 Å². The first-order valence-electron chi connectivity index (χ1n) is 15.5. The molecule has 2 amide bonds. The summed E-state index contributed by atoms with van der Waals surface area (Å²) in [6.45, 7) is 1.90. The molecule has 1 heterocycles. The second kappa shape index (κ2) is 17.4. The van der Waals surface area contributed by atoms with E-state index in [-0.39, 0.29) is 49.3 Å². The molecule has 0 aliphatic carbocycles. The van der Waals surface area contributed by atoms with E-state index in [1.165, 1.54) is 12.1 Å². The topological polar surface area (TPSA) is 123 Å². The number of benzene rings is 2. The Labute approximate surface area is 269 Å². The van der Waals surface area contributed by atoms with Crippen LogP contribution in [0.1, 0.15) is 44.6 Å². The molecule has 0 saturated carbocycles. The lowest BCUT2D eigenvalue weighted by molar-refractivity contribution is -0.186. The Hall–Kier alpha value is -3.55. The fourth-order valence-electron chi connectivity index (χ4n) is 5.41. The molecule has 1 fully saturated rings. The highest BCUT2D eigenvalue weighted by molar-refractivity contribution is 7.89. The van der Waals surface area contributed by atoms with E-state index >= 15 is 0 Å². The van der Waals surface area contributed by atoms with Gasteiger partial charge in [0.1, 0.15) is 0 Å². The van der Waals surface area contributed by atoms with Crippen LogP contribution in [-0.4, -0.2) is 87.2 Å². The highest BCUT2D eigenvalue weighted by Gasteiger charge is 2.44. The second-order valence-electron chi connectivity index (χ2n) is 11.5. The quantitative estimate of drug-likeness (QED) is 0.169. The van der Waals surface area contributed by atoms with Crippen molar-refractivity contribution in [3.8, 4) is 0 Å². The Balaban J connectivity index is 1.73. The maximum Gasteiger partial charge on any atom is 0.471 e. The van der Waals surface area contributed by atoms with Crippen molar-refractivity contribution < 1.29 is 31.2 Å². The number of nitrogens with one attached hydrogen (secondary N) is 3. The van der Waals surface area contributed by atoms with Gasteiger partial charge in [-0.05, 0) is 76.3 Å². The van der Waals surface area contributed by atoms with E-state index in [0.717, 1.165) is 10.5 Å². The number of amides is 2. The van der Waals surface area contributed by atoms with Crippen molar-refractivity contribution >= 4 is 27.5 Å². The van der Waals surface area contributed by atoms with Gasteiger partial charge in [-0.3, -0.25) is 9.59 Å². The van der Waals surface area contributed by atoms with E-state index in [9.17, 15) is 31.2 Å². The Kier molecular flexibility index (Phi) is 14.0. The van der Waals surface area contributed by atoms with Crippen molar-refractivity contribution in [2.45, 2.75) is 68.6 Å². The third-order valence-electron chi connectivity index (χ3n) is 8.18. The van der Waals surface area contributed by atoms with E-state index in [0.29, 0.717) is 37.9 Å². The van der Waals surface area contributed by atoms with E-state index in [2.05, 4.69) is 10.0 Å². The molecule has 0 bridgehead atoms. The Bertz CT molecular complexity index is 1420. The summed E-state index contributed by atoms with van der Waals surface area (Å²) >= 11 is 0. The molecular formula is C33H44F3N5O4S. The molecule has 1 aliphatic heterocycles. The van der Waals surface area contributed by atoms with Gasteiger partial charge in [-0.25, -0.2) is 13.1 Å². The van der Waals surface area contributed by atoms with Crippen LogP contribution in [0.4, 0.5) is 13.2 Å². The van der Waals surface area contributed by atoms with Crippen LogP contribution in [0.15, 0.2) is 77.7 Å². The van der Waals surface area contributed by atoms with Crippen LogP contribution in [0.3, 0.4) is 0 Å². The van der Waals surface area contributed by atoms with E-state index in [1.807, 2.05) is 6.92 Å². The van der Waals surface area contributed by atoms with Gasteiger partial charge >= 0.3 is 12.1 Å². The van der Waals surface area contributed by atoms with E-state index in [4.69, 9.17) is 5.41 Å². The molecule has 252 valence electrons. The summed E-state index contributed by atoms with van der Waals surface area (Å²) in [6.07, 6.45) is 0.533. The molecule has 13 heteroatoms. The summed E-state index contributed by atoms with van der Waals surface area (Å²) in [5, 5.41) is 11.2. The number of likely N-dealkylation sites (tertiary alicyclic amines) is 1. The van der Waals surface area contributed by atoms with Gasteiger partial charge in [-0.1, -0.05) is 54.6 Å². The molecule has 2 aromatic rings. The number of sulfonamides is 1. The number of hydrogen-bond acceptors (Lipinski definition) is 6. The first kappa shape index (κ1) is 36.9. The molecule has 46 heavy (non-hydrogen) atoms. The zero-order valence-electron chi connectivity index (χ0n) is 26.3. The predicted octanol–water partition coefficient (Wildman–Crippen LogP) is 4.56. The minimum atomic E-state index is -5.04. The van der Waals surface area contributed by atoms with Gasteiger partial charge in [0.2, 0.25) is 15.9 Å². The Morgan fingerprint density at radius 2 is 1.76 bits per heavy atom. The lowest BCUT2D eigenvalue weighted by Crippen LogP contribution is -2.50. The monoisotopic (exact) mass is 663 g/mol. The van der Waals surface area contributed by atoms with Crippen molar-refractivity contribution in [2.24, 2.45) is 5.92 Å². The zero-order valence-corrected chi connectivity index (χ0v) is 27.1. The summed E-state index contributed by atoms with van der Waals surface area (Å²) < 4.78 is 68.6. The predicted molar refractivity (Wildman–Crippen MR) is 172 cm³/mol. The van der Waals surface area contributed by atoms with Crippen LogP contribution in [0.25, 0.3) is 0 Å². The van der Waals surface area contributed by atoms with Crippen LogP contribution < -0.4 is 10.0 Å². The van der Waals surface area contributed by atoms with Crippen molar-refractivity contribution in [1.29, 1.82) is 5.41 Å². The van der Waals surface area contributed by atoms with Crippen LogP contribution in [0.2, 0.25) is 0 Å². The van der Waals surface area contributed by atoms with Gasteiger partial charge in [0.15, 0.2) is 0 Å². The van der Waals surface area contributed by atoms with Gasteiger partial charge in [0, 0.05) is 49.9 Å². The smallest absolute Gasteiger partial charge is 0.338 e. The van der Waals surface area contributed by atoms with Crippen molar-refractivity contribution in [3.63, 3.8) is 0 Å². The summed E-state index contributed by atoms with van der Waals surface area (Å²) in [6, 6.07) is 16.1.